The van der Waals surface area contributed by atoms with Crippen molar-refractivity contribution in [1.82, 2.24) is 10.3 Å². The molecule has 0 aliphatic rings. The maximum absolute atomic E-state index is 4.58. The zero-order chi connectivity index (χ0) is 13.5. The van der Waals surface area contributed by atoms with Crippen LogP contribution in [-0.4, -0.2) is 37.1 Å². The summed E-state index contributed by atoms with van der Waals surface area (Å²) >= 11 is 1.89. The van der Waals surface area contributed by atoms with Crippen molar-refractivity contribution in [1.29, 1.82) is 0 Å². The molecule has 0 radical (unpaired) electrons. The summed E-state index contributed by atoms with van der Waals surface area (Å²) in [4.78, 5) is 6.89. The Kier molecular flexibility index (Phi) is 6.50. The molecule has 0 spiro atoms. The third-order valence-electron chi connectivity index (χ3n) is 3.43. The summed E-state index contributed by atoms with van der Waals surface area (Å²) in [5.41, 5.74) is 1.27. The molecule has 3 nitrogen and oxygen atoms in total. The summed E-state index contributed by atoms with van der Waals surface area (Å²) < 4.78 is 0. The second-order valence-electron chi connectivity index (χ2n) is 4.55. The first-order valence-corrected chi connectivity index (χ1v) is 7.89. The summed E-state index contributed by atoms with van der Waals surface area (Å²) in [6, 6.07) is 5.03. The lowest BCUT2D eigenvalue weighted by atomic mass is 10.1. The van der Waals surface area contributed by atoms with Gasteiger partial charge in [-0.25, -0.2) is 4.98 Å². The van der Waals surface area contributed by atoms with Gasteiger partial charge in [0.2, 0.25) is 0 Å². The minimum absolute atomic E-state index is 0.322. The van der Waals surface area contributed by atoms with E-state index in [0.29, 0.717) is 12.1 Å². The van der Waals surface area contributed by atoms with Crippen LogP contribution in [0, 0.1) is 0 Å². The van der Waals surface area contributed by atoms with E-state index in [1.807, 2.05) is 31.1 Å². The van der Waals surface area contributed by atoms with E-state index in [9.17, 15) is 0 Å². The first-order chi connectivity index (χ1) is 8.65. The van der Waals surface area contributed by atoms with Crippen molar-refractivity contribution in [3.63, 3.8) is 0 Å². The van der Waals surface area contributed by atoms with Crippen molar-refractivity contribution in [3.05, 3.63) is 23.9 Å². The van der Waals surface area contributed by atoms with Gasteiger partial charge in [0.25, 0.3) is 0 Å². The topological polar surface area (TPSA) is 28.2 Å². The predicted molar refractivity (Wildman–Crippen MR) is 82.6 cm³/mol. The van der Waals surface area contributed by atoms with Gasteiger partial charge in [-0.2, -0.15) is 11.8 Å². The van der Waals surface area contributed by atoms with Gasteiger partial charge in [0.15, 0.2) is 0 Å². The lowest BCUT2D eigenvalue weighted by molar-refractivity contribution is 0.625. The summed E-state index contributed by atoms with van der Waals surface area (Å²) in [5.74, 6) is 2.23. The number of nitrogens with one attached hydrogen (secondary N) is 1. The van der Waals surface area contributed by atoms with Crippen LogP contribution in [0.25, 0.3) is 0 Å². The number of thioether (sulfide) groups is 1. The highest BCUT2D eigenvalue weighted by molar-refractivity contribution is 7.98. The van der Waals surface area contributed by atoms with Crippen molar-refractivity contribution < 1.29 is 0 Å². The average molecular weight is 267 g/mol. The van der Waals surface area contributed by atoms with Gasteiger partial charge in [-0.05, 0) is 32.7 Å². The highest BCUT2D eigenvalue weighted by Gasteiger charge is 2.18. The molecule has 1 aromatic heterocycles. The molecule has 18 heavy (non-hydrogen) atoms. The average Bonchev–Trinajstić information content (AvgIpc) is 2.43. The van der Waals surface area contributed by atoms with Crippen LogP contribution in [-0.2, 0) is 0 Å². The third kappa shape index (κ3) is 3.62. The highest BCUT2D eigenvalue weighted by atomic mass is 32.2. The van der Waals surface area contributed by atoms with E-state index in [1.165, 1.54) is 5.56 Å². The van der Waals surface area contributed by atoms with Gasteiger partial charge in [0.05, 0.1) is 0 Å². The van der Waals surface area contributed by atoms with E-state index in [1.54, 1.807) is 0 Å². The molecule has 0 saturated carbocycles. The second kappa shape index (κ2) is 7.64. The number of hydrogen-bond donors (Lipinski definition) is 1. The number of aromatic nitrogens is 1. The molecule has 1 N–H and O–H groups in total. The van der Waals surface area contributed by atoms with E-state index in [0.717, 1.165) is 18.0 Å². The molecule has 2 unspecified atom stereocenters. The molecule has 1 rings (SSSR count). The summed E-state index contributed by atoms with van der Waals surface area (Å²) in [6.07, 6.45) is 5.18. The molecule has 2 atom stereocenters. The largest absolute Gasteiger partial charge is 0.356 e. The first kappa shape index (κ1) is 15.3. The Labute approximate surface area is 115 Å². The zero-order valence-electron chi connectivity index (χ0n) is 12.1. The maximum Gasteiger partial charge on any atom is 0.133 e. The third-order valence-corrected chi connectivity index (χ3v) is 4.15. The van der Waals surface area contributed by atoms with Crippen LogP contribution in [0.1, 0.15) is 31.9 Å². The van der Waals surface area contributed by atoms with E-state index >= 15 is 0 Å². The van der Waals surface area contributed by atoms with E-state index in [4.69, 9.17) is 0 Å². The SMILES string of the molecule is CCC(CSC)N(C)c1ncccc1C(C)NC. The van der Waals surface area contributed by atoms with Crippen molar-refractivity contribution in [3.8, 4) is 0 Å². The number of hydrogen-bond acceptors (Lipinski definition) is 4. The van der Waals surface area contributed by atoms with Crippen LogP contribution in [0.3, 0.4) is 0 Å². The number of nitrogens with zero attached hydrogens (tertiary/aromatic N) is 2. The molecule has 1 heterocycles. The lowest BCUT2D eigenvalue weighted by Crippen LogP contribution is -2.35. The molecular formula is C14H25N3S. The molecule has 0 aliphatic heterocycles. The van der Waals surface area contributed by atoms with Gasteiger partial charge >= 0.3 is 0 Å². The molecule has 4 heteroatoms. The highest BCUT2D eigenvalue weighted by Crippen LogP contribution is 2.25. The molecule has 0 fully saturated rings. The quantitative estimate of drug-likeness (QED) is 0.822. The minimum atomic E-state index is 0.322. The molecule has 1 aromatic rings. The smallest absolute Gasteiger partial charge is 0.133 e. The first-order valence-electron chi connectivity index (χ1n) is 6.49. The normalized spacial score (nSPS) is 14.3. The molecule has 0 bridgehead atoms. The van der Waals surface area contributed by atoms with Crippen molar-refractivity contribution in [2.75, 3.05) is 31.0 Å². The molecule has 0 amide bonds. The molecule has 102 valence electrons. The summed E-state index contributed by atoms with van der Waals surface area (Å²) in [6.45, 7) is 4.41. The van der Waals surface area contributed by atoms with E-state index < -0.39 is 0 Å². The Morgan fingerprint density at radius 3 is 2.78 bits per heavy atom. The minimum Gasteiger partial charge on any atom is -0.356 e. The Hall–Kier alpha value is -0.740. The molecule has 0 aromatic carbocycles. The number of anilines is 1. The van der Waals surface area contributed by atoms with Crippen LogP contribution in [0.5, 0.6) is 0 Å². The van der Waals surface area contributed by atoms with Crippen LogP contribution in [0.15, 0.2) is 18.3 Å². The number of pyridine rings is 1. The molecule has 0 saturated heterocycles. The standard InChI is InChI=1S/C14H25N3S/c1-6-12(10-18-5)17(4)14-13(11(2)15-3)8-7-9-16-14/h7-9,11-12,15H,6,10H2,1-5H3. The Bertz CT molecular complexity index is 357. The van der Waals surface area contributed by atoms with Gasteiger partial charge in [0, 0.05) is 36.6 Å². The Morgan fingerprint density at radius 1 is 1.50 bits per heavy atom. The fourth-order valence-corrected chi connectivity index (χ4v) is 2.91. The maximum atomic E-state index is 4.58. The van der Waals surface area contributed by atoms with Crippen LogP contribution < -0.4 is 10.2 Å². The number of rotatable bonds is 7. The van der Waals surface area contributed by atoms with Crippen LogP contribution in [0.4, 0.5) is 5.82 Å². The van der Waals surface area contributed by atoms with Crippen molar-refractivity contribution in [2.45, 2.75) is 32.4 Å². The Balaban J connectivity index is 3.00. The van der Waals surface area contributed by atoms with Gasteiger partial charge in [-0.3, -0.25) is 0 Å². The van der Waals surface area contributed by atoms with Crippen LogP contribution in [0.2, 0.25) is 0 Å². The van der Waals surface area contributed by atoms with Crippen molar-refractivity contribution >= 4 is 17.6 Å². The zero-order valence-corrected chi connectivity index (χ0v) is 12.9. The van der Waals surface area contributed by atoms with Crippen molar-refractivity contribution in [2.24, 2.45) is 0 Å². The van der Waals surface area contributed by atoms with E-state index in [2.05, 4.69) is 48.4 Å². The fourth-order valence-electron chi connectivity index (χ4n) is 2.07. The van der Waals surface area contributed by atoms with Gasteiger partial charge < -0.3 is 10.2 Å². The monoisotopic (exact) mass is 267 g/mol. The second-order valence-corrected chi connectivity index (χ2v) is 5.47. The van der Waals surface area contributed by atoms with Gasteiger partial charge in [-0.15, -0.1) is 0 Å². The summed E-state index contributed by atoms with van der Waals surface area (Å²) in [7, 11) is 4.14. The fraction of sp³-hybridized carbons (Fsp3) is 0.643. The predicted octanol–water partition coefficient (Wildman–Crippen LogP) is 2.94. The van der Waals surface area contributed by atoms with Crippen LogP contribution >= 0.6 is 11.8 Å². The summed E-state index contributed by atoms with van der Waals surface area (Å²) in [5, 5.41) is 3.29. The lowest BCUT2D eigenvalue weighted by Gasteiger charge is -2.30. The molecular weight excluding hydrogens is 242 g/mol. The van der Waals surface area contributed by atoms with Gasteiger partial charge in [0.1, 0.15) is 5.82 Å². The molecule has 0 aliphatic carbocycles. The van der Waals surface area contributed by atoms with Gasteiger partial charge in [-0.1, -0.05) is 13.0 Å². The van der Waals surface area contributed by atoms with E-state index in [-0.39, 0.29) is 0 Å². The Morgan fingerprint density at radius 2 is 2.22 bits per heavy atom.